The molecule has 18 rings (SSSR count). The van der Waals surface area contributed by atoms with Crippen molar-refractivity contribution in [3.63, 3.8) is 0 Å². The number of aliphatic hydroxyl groups is 2. The molecule has 768 valence electrons. The van der Waals surface area contributed by atoms with Gasteiger partial charge in [0.25, 0.3) is 0 Å². The number of aliphatic hydroxyl groups excluding tert-OH is 2. The summed E-state index contributed by atoms with van der Waals surface area (Å²) in [6, 6.07) is 128. The van der Waals surface area contributed by atoms with Crippen LogP contribution in [0.1, 0.15) is 165 Å². The molecule has 0 aliphatic heterocycles. The zero-order valence-electron chi connectivity index (χ0n) is 93.7. The third kappa shape index (κ3) is 40.6. The number of hydrogen-bond acceptors (Lipinski definition) is 10. The fraction of sp³-hybridized carbons (Fsp3) is 0.224. The summed E-state index contributed by atoms with van der Waals surface area (Å²) in [7, 11) is 0. The molecule has 0 amide bonds. The first kappa shape index (κ1) is 112. The Bertz CT molecular complexity index is 7410. The van der Waals surface area contributed by atoms with E-state index in [1.807, 2.05) is 168 Å². The van der Waals surface area contributed by atoms with Gasteiger partial charge in [-0.25, -0.2) is 0 Å². The Morgan fingerprint density at radius 2 is 0.703 bits per heavy atom. The van der Waals surface area contributed by atoms with Crippen LogP contribution in [0.5, 0.6) is 0 Å². The van der Waals surface area contributed by atoms with Gasteiger partial charge in [-0.1, -0.05) is 278 Å². The van der Waals surface area contributed by atoms with E-state index in [2.05, 4.69) is 302 Å². The first-order chi connectivity index (χ1) is 71.6. The molecule has 0 bridgehead atoms. The maximum absolute atomic E-state index is 11.2. The molecule has 0 saturated heterocycles. The molecule has 14 heteroatoms. The molecule has 0 saturated carbocycles. The summed E-state index contributed by atoms with van der Waals surface area (Å²) in [6.45, 7) is 32.9. The SMILES string of the molecule is CC(=O)C=C(C)O.CC(C)CC(=O)C=C(O)CC(C)C.CC(C)Cc1ccc(-c2ccnc(-c3[c-]cccc3)c2)cc1.Cc1[c-]c(-c2cc(CC(C)C)c3cc(-c4ccc(C)cc4)ccc3n2)cc(C)c1.Cc1[c-]c(-c2cc(CC(C)C)c3cc(-c4ccccc4)ccc3n2)cc(C)c1.Cc1ccc(-c2[c-]cccc2)nc1.[2H]C([2H])([2H])c1ccc(-c2[c-]ccc(-c3ccccc3)c2)nc1.[2H]C([2H])([2H])c1ccc(-c2[c-]cccc2)nc1.[Ir].[Ir].[Ir].[Ir]. The minimum absolute atomic E-state index is 0. The number of fused-ring (bicyclic) bond motifs is 2. The number of allylic oxidation sites excluding steroid dienone is 4. The average Bonchev–Trinajstić information content (AvgIpc) is 0.778. The van der Waals surface area contributed by atoms with E-state index in [0.29, 0.717) is 48.1 Å². The van der Waals surface area contributed by atoms with E-state index in [4.69, 9.17) is 23.3 Å². The molecule has 0 unspecified atom stereocenters. The quantitative estimate of drug-likeness (QED) is 0.0381. The fourth-order valence-corrected chi connectivity index (χ4v) is 16.2. The van der Waals surface area contributed by atoms with Gasteiger partial charge in [0, 0.05) is 149 Å². The van der Waals surface area contributed by atoms with Crippen molar-refractivity contribution < 1.29 is 108 Å². The maximum Gasteiger partial charge on any atom is 0.159 e. The number of carbonyl (C=O) groups is 2. The van der Waals surface area contributed by atoms with Gasteiger partial charge in [-0.15, -0.1) is 213 Å². The van der Waals surface area contributed by atoms with Gasteiger partial charge in [0.15, 0.2) is 11.6 Å². The van der Waals surface area contributed by atoms with Gasteiger partial charge in [-0.05, 0) is 227 Å². The third-order valence-electron chi connectivity index (χ3n) is 22.6. The number of rotatable bonds is 22. The molecule has 12 aromatic carbocycles. The standard InChI is InChI=1S/C28H28N.C27H26N.C21H20N.C18H14N.2C12H10N.C11H20O2.C5H8O2.4Ir/c1-18(2)12-24-17-28(25-14-20(4)13-21(5)15-25)29-27-11-10-23(16-26(24)27)22-8-6-19(3)7-9-22;1-18(2)12-23-17-27(24-14-19(3)13-20(4)15-24)28-26-11-10-22(16-25(23)26)21-8-6-5-7-9-21;1-16(2)14-17-8-10-18(11-9-17)20-12-13-22-21(15-20)19-6-4-3-5-7-19;1-14-10-11-18(19-13-14)17-9-5-8-16(12-17)15-6-3-2-4-7-15;2*1-10-7-8-12(13-9-10)11-5-3-2-4-6-11;1-8(2)5-10(12)7-11(13)6-9(3)4;1-4(6)3-5(2)7;;;;/h6-11,13-14,16-18H,12H2,1-5H3;5-11,13-14,16-18H,12H2,1-4H3;3-6,8-13,15-16H,14H2,1-2H3;2-8,10-13H,1H3;2*2-5,7-9H,1H3;7-9,12H,5-6H2,1-4H3;3,6H,1-2H3;;;;/q6*-1;;;;;;/i;;;2*1D3;;;;;;;. The van der Waals surface area contributed by atoms with Gasteiger partial charge in [0.05, 0.1) is 22.6 Å². The van der Waals surface area contributed by atoms with E-state index in [-0.39, 0.29) is 115 Å². The van der Waals surface area contributed by atoms with Gasteiger partial charge in [-0.3, -0.25) is 19.6 Å². The molecule has 0 fully saturated rings. The van der Waals surface area contributed by atoms with Crippen LogP contribution >= 0.6 is 0 Å². The van der Waals surface area contributed by atoms with E-state index in [0.717, 1.165) is 114 Å². The zero-order valence-corrected chi connectivity index (χ0v) is 97.3. The van der Waals surface area contributed by atoms with Crippen molar-refractivity contribution in [2.75, 3.05) is 0 Å². The molecule has 0 aliphatic carbocycles. The Labute approximate surface area is 943 Å². The largest absolute Gasteiger partial charge is 0.512 e. The van der Waals surface area contributed by atoms with E-state index in [1.54, 1.807) is 30.3 Å². The second-order valence-electron chi connectivity index (χ2n) is 38.4. The molecule has 0 aliphatic rings. The Morgan fingerprint density at radius 3 is 1.09 bits per heavy atom. The number of hydrogen-bond donors (Lipinski definition) is 2. The molecule has 0 spiro atoms. The number of carbonyl (C=O) groups excluding carboxylic acids is 2. The summed E-state index contributed by atoms with van der Waals surface area (Å²) in [5.74, 6) is 2.77. The second-order valence-corrected chi connectivity index (χ2v) is 38.4. The van der Waals surface area contributed by atoms with E-state index in [1.165, 1.54) is 121 Å². The number of benzene rings is 12. The van der Waals surface area contributed by atoms with Crippen molar-refractivity contribution in [3.05, 3.63) is 468 Å². The van der Waals surface area contributed by atoms with Crippen LogP contribution in [0.25, 0.3) is 134 Å². The minimum atomic E-state index is -2.12. The van der Waals surface area contributed by atoms with Crippen molar-refractivity contribution in [3.8, 4) is 112 Å². The Balaban J connectivity index is 0.000000243. The molecule has 18 aromatic rings. The van der Waals surface area contributed by atoms with Gasteiger partial charge in [0.2, 0.25) is 0 Å². The van der Waals surface area contributed by atoms with E-state index in [9.17, 15) is 14.7 Å². The predicted octanol–water partition coefficient (Wildman–Crippen LogP) is 34.4. The van der Waals surface area contributed by atoms with E-state index >= 15 is 0 Å². The second kappa shape index (κ2) is 62.4. The van der Waals surface area contributed by atoms with Crippen molar-refractivity contribution >= 4 is 33.4 Å². The van der Waals surface area contributed by atoms with Gasteiger partial charge >= 0.3 is 0 Å². The first-order valence-electron chi connectivity index (χ1n) is 52.3. The van der Waals surface area contributed by atoms with Crippen LogP contribution in [0.3, 0.4) is 0 Å². The summed E-state index contributed by atoms with van der Waals surface area (Å²) in [6.07, 6.45) is 13.4. The van der Waals surface area contributed by atoms with Gasteiger partial charge in [-0.2, -0.15) is 0 Å². The minimum Gasteiger partial charge on any atom is -0.512 e. The average molecular weight is 2670 g/mol. The van der Waals surface area contributed by atoms with Crippen molar-refractivity contribution in [2.45, 2.75) is 170 Å². The summed E-state index contributed by atoms with van der Waals surface area (Å²) in [5.41, 5.74) is 35.0. The molecule has 6 heterocycles. The van der Waals surface area contributed by atoms with Crippen molar-refractivity contribution in [2.24, 2.45) is 29.6 Å². The smallest absolute Gasteiger partial charge is 0.159 e. The van der Waals surface area contributed by atoms with Crippen molar-refractivity contribution in [1.82, 2.24) is 29.9 Å². The molecular formula is C134H136Ir4N6O4-6. The van der Waals surface area contributed by atoms with Gasteiger partial charge in [0.1, 0.15) is 0 Å². The monoisotopic (exact) mass is 2670 g/mol. The van der Waals surface area contributed by atoms with Crippen LogP contribution in [0.2, 0.25) is 0 Å². The maximum atomic E-state index is 11.2. The Kier molecular flexibility index (Phi) is 47.3. The summed E-state index contributed by atoms with van der Waals surface area (Å²) < 4.78 is 43.8. The van der Waals surface area contributed by atoms with Gasteiger partial charge < -0.3 is 30.1 Å². The number of aryl methyl sites for hydroxylation is 8. The van der Waals surface area contributed by atoms with Crippen LogP contribution in [0.4, 0.5) is 0 Å². The van der Waals surface area contributed by atoms with Crippen LogP contribution < -0.4 is 0 Å². The Morgan fingerprint density at radius 1 is 0.318 bits per heavy atom. The van der Waals surface area contributed by atoms with Crippen LogP contribution in [0, 0.1) is 121 Å². The first-order valence-corrected chi connectivity index (χ1v) is 49.3. The molecule has 2 N–H and O–H groups in total. The normalized spacial score (nSPS) is 11.5. The molecular weight excluding hydrogens is 2530 g/mol. The summed E-state index contributed by atoms with van der Waals surface area (Å²) in [4.78, 5) is 48.4. The van der Waals surface area contributed by atoms with Crippen LogP contribution in [-0.4, -0.2) is 51.7 Å². The molecule has 0 atom stereocenters. The van der Waals surface area contributed by atoms with E-state index < -0.39 is 13.7 Å². The van der Waals surface area contributed by atoms with Crippen LogP contribution in [0.15, 0.2) is 370 Å². The summed E-state index contributed by atoms with van der Waals surface area (Å²) >= 11 is 0. The molecule has 4 radical (unpaired) electrons. The molecule has 6 aromatic heterocycles. The number of nitrogens with zero attached hydrogens (tertiary/aromatic N) is 6. The Hall–Kier alpha value is -12.9. The predicted molar refractivity (Wildman–Crippen MR) is 603 cm³/mol. The zero-order chi connectivity index (χ0) is 108. The van der Waals surface area contributed by atoms with Crippen LogP contribution in [-0.2, 0) is 109 Å². The van der Waals surface area contributed by atoms with Crippen molar-refractivity contribution in [1.29, 1.82) is 0 Å². The topological polar surface area (TPSA) is 152 Å². The summed E-state index contributed by atoms with van der Waals surface area (Å²) in [5, 5.41) is 20.2. The third-order valence-corrected chi connectivity index (χ3v) is 22.6. The fourth-order valence-electron chi connectivity index (χ4n) is 16.2. The number of aromatic nitrogens is 6. The number of pyridine rings is 6. The number of ketones is 2. The molecule has 10 nitrogen and oxygen atoms in total. The molecule has 148 heavy (non-hydrogen) atoms.